The van der Waals surface area contributed by atoms with Crippen molar-refractivity contribution in [3.8, 4) is 0 Å². The number of quaternary nitrogens is 1. The summed E-state index contributed by atoms with van der Waals surface area (Å²) in [5, 5.41) is 2.18. The zero-order valence-corrected chi connectivity index (χ0v) is 10.9. The Labute approximate surface area is 107 Å². The van der Waals surface area contributed by atoms with E-state index in [0.717, 1.165) is 17.0 Å². The molecule has 2 atom stereocenters. The van der Waals surface area contributed by atoms with Crippen molar-refractivity contribution in [2.24, 2.45) is 0 Å². The number of rotatable bonds is 4. The van der Waals surface area contributed by atoms with Crippen LogP contribution in [0.25, 0.3) is 0 Å². The fourth-order valence-corrected chi connectivity index (χ4v) is 1.55. The number of alkyl carbamates (subject to hydrolysis) is 1. The second kappa shape index (κ2) is 6.76. The summed E-state index contributed by atoms with van der Waals surface area (Å²) in [6, 6.07) is 9.56. The van der Waals surface area contributed by atoms with E-state index in [1.165, 1.54) is 7.11 Å². The normalized spacial score (nSPS) is 13.5. The van der Waals surface area contributed by atoms with E-state index >= 15 is 0 Å². The van der Waals surface area contributed by atoms with Crippen LogP contribution in [0.2, 0.25) is 0 Å². The predicted octanol–water partition coefficient (Wildman–Crippen LogP) is -0.0276. The predicted molar refractivity (Wildman–Crippen MR) is 67.0 cm³/mol. The number of imide groups is 1. The van der Waals surface area contributed by atoms with Crippen molar-refractivity contribution in [3.63, 3.8) is 0 Å². The van der Waals surface area contributed by atoms with Crippen LogP contribution in [0.15, 0.2) is 30.3 Å². The average molecular weight is 251 g/mol. The molecule has 0 aliphatic carbocycles. The summed E-state index contributed by atoms with van der Waals surface area (Å²) >= 11 is 0. The van der Waals surface area contributed by atoms with Crippen LogP contribution in [0.5, 0.6) is 0 Å². The lowest BCUT2D eigenvalue weighted by atomic mass is 10.2. The standard InChI is InChI=1S/C13H18N2O3/c1-10(12(16)14-13(17)18-3)15(2)9-11-7-5-4-6-8-11/h4-8,10H,9H2,1-3H3,(H,14,16,17)/p+1/t10-/m0/s1. The Balaban J connectivity index is 2.53. The third-order valence-corrected chi connectivity index (χ3v) is 2.87. The van der Waals surface area contributed by atoms with E-state index in [-0.39, 0.29) is 11.9 Å². The number of carbonyl (C=O) groups is 2. The quantitative estimate of drug-likeness (QED) is 0.790. The molecule has 0 aromatic heterocycles. The lowest BCUT2D eigenvalue weighted by Crippen LogP contribution is -3.12. The summed E-state index contributed by atoms with van der Waals surface area (Å²) in [5.41, 5.74) is 1.15. The third-order valence-electron chi connectivity index (χ3n) is 2.87. The maximum absolute atomic E-state index is 11.7. The summed E-state index contributed by atoms with van der Waals surface area (Å²) < 4.78 is 4.39. The second-order valence-electron chi connectivity index (χ2n) is 4.21. The van der Waals surface area contributed by atoms with Gasteiger partial charge < -0.3 is 9.64 Å². The minimum Gasteiger partial charge on any atom is -0.453 e. The van der Waals surface area contributed by atoms with Crippen molar-refractivity contribution in [2.45, 2.75) is 19.5 Å². The molecule has 98 valence electrons. The Morgan fingerprint density at radius 2 is 1.94 bits per heavy atom. The lowest BCUT2D eigenvalue weighted by molar-refractivity contribution is -0.908. The number of likely N-dealkylation sites (N-methyl/N-ethyl adjacent to an activating group) is 1. The Hall–Kier alpha value is -1.88. The molecule has 2 N–H and O–H groups in total. The van der Waals surface area contributed by atoms with Crippen molar-refractivity contribution >= 4 is 12.0 Å². The van der Waals surface area contributed by atoms with Crippen LogP contribution in [0.3, 0.4) is 0 Å². The molecule has 0 fully saturated rings. The van der Waals surface area contributed by atoms with Crippen molar-refractivity contribution in [3.05, 3.63) is 35.9 Å². The molecule has 2 amide bonds. The van der Waals surface area contributed by atoms with Gasteiger partial charge in [0.2, 0.25) is 0 Å². The molecule has 0 spiro atoms. The highest BCUT2D eigenvalue weighted by molar-refractivity contribution is 5.93. The van der Waals surface area contributed by atoms with E-state index in [2.05, 4.69) is 10.1 Å². The van der Waals surface area contributed by atoms with E-state index in [1.54, 1.807) is 6.92 Å². The van der Waals surface area contributed by atoms with E-state index in [4.69, 9.17) is 0 Å². The fraction of sp³-hybridized carbons (Fsp3) is 0.385. The Kier molecular flexibility index (Phi) is 5.32. The second-order valence-corrected chi connectivity index (χ2v) is 4.21. The molecule has 0 aliphatic heterocycles. The zero-order valence-electron chi connectivity index (χ0n) is 10.9. The molecule has 0 saturated heterocycles. The van der Waals surface area contributed by atoms with Crippen LogP contribution in [0, 0.1) is 0 Å². The number of nitrogens with one attached hydrogen (secondary N) is 2. The highest BCUT2D eigenvalue weighted by atomic mass is 16.5. The van der Waals surface area contributed by atoms with Gasteiger partial charge in [-0.3, -0.25) is 10.1 Å². The molecule has 1 aromatic rings. The molecule has 1 rings (SSSR count). The summed E-state index contributed by atoms with van der Waals surface area (Å²) in [6.45, 7) is 2.49. The van der Waals surface area contributed by atoms with Gasteiger partial charge in [0.1, 0.15) is 6.54 Å². The Morgan fingerprint density at radius 3 is 2.50 bits per heavy atom. The first kappa shape index (κ1) is 14.2. The van der Waals surface area contributed by atoms with Gasteiger partial charge >= 0.3 is 6.09 Å². The first-order chi connectivity index (χ1) is 8.54. The van der Waals surface area contributed by atoms with Gasteiger partial charge in [0.25, 0.3) is 5.91 Å². The van der Waals surface area contributed by atoms with E-state index < -0.39 is 6.09 Å². The number of methoxy groups -OCH3 is 1. The smallest absolute Gasteiger partial charge is 0.413 e. The molecule has 0 bridgehead atoms. The zero-order chi connectivity index (χ0) is 13.5. The van der Waals surface area contributed by atoms with E-state index in [9.17, 15) is 9.59 Å². The Morgan fingerprint density at radius 1 is 1.33 bits per heavy atom. The van der Waals surface area contributed by atoms with Crippen LogP contribution < -0.4 is 10.2 Å². The van der Waals surface area contributed by atoms with Crippen LogP contribution in [-0.4, -0.2) is 32.2 Å². The van der Waals surface area contributed by atoms with Gasteiger partial charge in [-0.25, -0.2) is 4.79 Å². The number of hydrogen-bond acceptors (Lipinski definition) is 3. The third kappa shape index (κ3) is 4.18. The number of ether oxygens (including phenoxy) is 1. The number of amides is 2. The monoisotopic (exact) mass is 251 g/mol. The fourth-order valence-electron chi connectivity index (χ4n) is 1.55. The van der Waals surface area contributed by atoms with Crippen LogP contribution in [-0.2, 0) is 16.1 Å². The lowest BCUT2D eigenvalue weighted by Gasteiger charge is -2.20. The van der Waals surface area contributed by atoms with Crippen molar-refractivity contribution in [1.29, 1.82) is 0 Å². The molecular weight excluding hydrogens is 232 g/mol. The molecule has 18 heavy (non-hydrogen) atoms. The van der Waals surface area contributed by atoms with Gasteiger partial charge in [-0.05, 0) is 6.92 Å². The van der Waals surface area contributed by atoms with Gasteiger partial charge in [-0.1, -0.05) is 30.3 Å². The van der Waals surface area contributed by atoms with Gasteiger partial charge in [0, 0.05) is 5.56 Å². The molecule has 0 aliphatic rings. The average Bonchev–Trinajstić information content (AvgIpc) is 2.38. The van der Waals surface area contributed by atoms with Crippen LogP contribution >= 0.6 is 0 Å². The maximum Gasteiger partial charge on any atom is 0.413 e. The number of carbonyl (C=O) groups excluding carboxylic acids is 2. The summed E-state index contributed by atoms with van der Waals surface area (Å²) in [5.74, 6) is -0.338. The Bertz CT molecular complexity index is 406. The summed E-state index contributed by atoms with van der Waals surface area (Å²) in [7, 11) is 3.14. The minimum absolute atomic E-state index is 0.329. The first-order valence-corrected chi connectivity index (χ1v) is 5.79. The topological polar surface area (TPSA) is 59.8 Å². The number of benzene rings is 1. The van der Waals surface area contributed by atoms with E-state index in [1.807, 2.05) is 37.4 Å². The molecule has 0 radical (unpaired) electrons. The molecule has 0 saturated carbocycles. The highest BCUT2D eigenvalue weighted by Crippen LogP contribution is 1.95. The molecule has 0 heterocycles. The van der Waals surface area contributed by atoms with Crippen LogP contribution in [0.4, 0.5) is 4.79 Å². The van der Waals surface area contributed by atoms with Crippen molar-refractivity contribution < 1.29 is 19.2 Å². The van der Waals surface area contributed by atoms with Gasteiger partial charge in [0.15, 0.2) is 6.04 Å². The molecular formula is C13H19N2O3+. The van der Waals surface area contributed by atoms with Crippen molar-refractivity contribution in [2.75, 3.05) is 14.2 Å². The molecule has 5 heteroatoms. The summed E-state index contributed by atoms with van der Waals surface area (Å²) in [4.78, 5) is 23.7. The van der Waals surface area contributed by atoms with Crippen molar-refractivity contribution in [1.82, 2.24) is 5.32 Å². The minimum atomic E-state index is -0.723. The summed E-state index contributed by atoms with van der Waals surface area (Å²) in [6.07, 6.45) is -0.723. The SMILES string of the molecule is COC(=O)NC(=O)[C@H](C)[NH+](C)Cc1ccccc1. The molecule has 1 unspecified atom stereocenters. The molecule has 1 aromatic carbocycles. The first-order valence-electron chi connectivity index (χ1n) is 5.79. The van der Waals surface area contributed by atoms with E-state index in [0.29, 0.717) is 0 Å². The highest BCUT2D eigenvalue weighted by Gasteiger charge is 2.23. The van der Waals surface area contributed by atoms with Crippen LogP contribution in [0.1, 0.15) is 12.5 Å². The maximum atomic E-state index is 11.7. The number of hydrogen-bond donors (Lipinski definition) is 2. The van der Waals surface area contributed by atoms with Gasteiger partial charge in [-0.2, -0.15) is 0 Å². The largest absolute Gasteiger partial charge is 0.453 e. The van der Waals surface area contributed by atoms with Gasteiger partial charge in [0.05, 0.1) is 14.2 Å². The van der Waals surface area contributed by atoms with Gasteiger partial charge in [-0.15, -0.1) is 0 Å². The molecule has 5 nitrogen and oxygen atoms in total.